The van der Waals surface area contributed by atoms with Crippen molar-refractivity contribution in [3.63, 3.8) is 0 Å². The molecule has 3 rings (SSSR count). The van der Waals surface area contributed by atoms with Crippen LogP contribution in [-0.2, 0) is 4.08 Å². The van der Waals surface area contributed by atoms with Gasteiger partial charge in [-0.05, 0) is 28.0 Å². The van der Waals surface area contributed by atoms with E-state index in [1.165, 1.54) is 15.4 Å². The zero-order valence-electron chi connectivity index (χ0n) is 15.2. The van der Waals surface area contributed by atoms with Gasteiger partial charge in [0.15, 0.2) is 0 Å². The molecular weight excluding hydrogens is 328 g/mol. The highest BCUT2D eigenvalue weighted by atomic mass is 32.3. The second-order valence-electron chi connectivity index (χ2n) is 7.66. The fourth-order valence-corrected chi connectivity index (χ4v) is 7.36. The second-order valence-corrected chi connectivity index (χ2v) is 10.6. The molecule has 1 heterocycles. The summed E-state index contributed by atoms with van der Waals surface area (Å²) in [5, 5.41) is 0. The molecule has 0 atom stereocenters. The average molecular weight is 355 g/mol. The highest BCUT2D eigenvalue weighted by Crippen LogP contribution is 2.71. The third kappa shape index (κ3) is 3.19. The minimum atomic E-state index is -0.0107. The molecule has 24 heavy (non-hydrogen) atoms. The van der Waals surface area contributed by atoms with E-state index in [0.717, 1.165) is 0 Å². The van der Waals surface area contributed by atoms with Crippen LogP contribution in [-0.4, -0.2) is 0 Å². The lowest BCUT2D eigenvalue weighted by atomic mass is 9.81. The van der Waals surface area contributed by atoms with Crippen molar-refractivity contribution in [2.45, 2.75) is 38.7 Å². The molecule has 1 aliphatic heterocycles. The summed E-state index contributed by atoms with van der Waals surface area (Å²) in [5.74, 6) is 0.574. The van der Waals surface area contributed by atoms with Crippen LogP contribution < -0.4 is 0 Å². The number of thioether (sulfide) groups is 2. The predicted octanol–water partition coefficient (Wildman–Crippen LogP) is 7.28. The Bertz CT molecular complexity index is 672. The van der Waals surface area contributed by atoms with Gasteiger partial charge in [-0.3, -0.25) is 0 Å². The molecule has 2 aromatic rings. The lowest BCUT2D eigenvalue weighted by Gasteiger charge is -2.46. The van der Waals surface area contributed by atoms with Crippen LogP contribution in [0.5, 0.6) is 0 Å². The highest BCUT2D eigenvalue weighted by Gasteiger charge is 2.48. The molecule has 0 nitrogen and oxygen atoms in total. The summed E-state index contributed by atoms with van der Waals surface area (Å²) >= 11 is 4.07. The third-order valence-corrected chi connectivity index (χ3v) is 7.71. The van der Waals surface area contributed by atoms with Gasteiger partial charge < -0.3 is 0 Å². The van der Waals surface area contributed by atoms with Gasteiger partial charge in [0.05, 0.1) is 0 Å². The van der Waals surface area contributed by atoms with Gasteiger partial charge in [0.25, 0.3) is 0 Å². The summed E-state index contributed by atoms with van der Waals surface area (Å²) in [6, 6.07) is 21.8. The Morgan fingerprint density at radius 1 is 0.792 bits per heavy atom. The van der Waals surface area contributed by atoms with Gasteiger partial charge in [-0.2, -0.15) is 0 Å². The Labute approximate surface area is 155 Å². The molecule has 0 radical (unpaired) electrons. The van der Waals surface area contributed by atoms with E-state index in [9.17, 15) is 0 Å². The number of hydrogen-bond donors (Lipinski definition) is 0. The van der Waals surface area contributed by atoms with Gasteiger partial charge in [0.2, 0.25) is 0 Å². The molecular formula is C22H26S2. The van der Waals surface area contributed by atoms with Crippen LogP contribution >= 0.6 is 23.5 Å². The van der Waals surface area contributed by atoms with Crippen molar-refractivity contribution in [3.8, 4) is 0 Å². The first-order chi connectivity index (χ1) is 11.3. The Kier molecular flexibility index (Phi) is 4.90. The predicted molar refractivity (Wildman–Crippen MR) is 110 cm³/mol. The topological polar surface area (TPSA) is 0 Å². The largest absolute Gasteiger partial charge is 0.121 e. The summed E-state index contributed by atoms with van der Waals surface area (Å²) in [7, 11) is 0. The van der Waals surface area contributed by atoms with Crippen molar-refractivity contribution in [1.82, 2.24) is 0 Å². The Hall–Kier alpha value is -1.12. The molecule has 2 heteroatoms. The lowest BCUT2D eigenvalue weighted by Crippen LogP contribution is -2.29. The molecule has 0 unspecified atom stereocenters. The summed E-state index contributed by atoms with van der Waals surface area (Å²) in [6.45, 7) is 11.6. The summed E-state index contributed by atoms with van der Waals surface area (Å²) < 4.78 is 1.49. The molecule has 0 aliphatic carbocycles. The van der Waals surface area contributed by atoms with Crippen molar-refractivity contribution in [2.75, 3.05) is 0 Å². The average Bonchev–Trinajstić information content (AvgIpc) is 2.50. The molecule has 0 spiro atoms. The van der Waals surface area contributed by atoms with E-state index < -0.39 is 0 Å². The summed E-state index contributed by atoms with van der Waals surface area (Å²) in [6.07, 6.45) is 0. The SMILES string of the molecule is CC(C)C(=C1SC(c2ccccc2)(c2ccccc2)S1)C(C)(C)C. The quantitative estimate of drug-likeness (QED) is 0.568. The highest BCUT2D eigenvalue weighted by molar-refractivity contribution is 8.39. The second kappa shape index (κ2) is 6.65. The lowest BCUT2D eigenvalue weighted by molar-refractivity contribution is 0.448. The van der Waals surface area contributed by atoms with Crippen molar-refractivity contribution in [3.05, 3.63) is 81.6 Å². The molecule has 0 amide bonds. The Morgan fingerprint density at radius 3 is 1.54 bits per heavy atom. The molecule has 0 saturated carbocycles. The minimum Gasteiger partial charge on any atom is -0.0912 e. The first-order valence-electron chi connectivity index (χ1n) is 8.58. The zero-order chi connectivity index (χ0) is 17.4. The minimum absolute atomic E-state index is 0.0107. The fourth-order valence-electron chi connectivity index (χ4n) is 3.50. The molecule has 1 saturated heterocycles. The van der Waals surface area contributed by atoms with Gasteiger partial charge in [-0.25, -0.2) is 0 Å². The molecule has 2 aromatic carbocycles. The molecule has 0 aromatic heterocycles. The number of allylic oxidation sites excluding steroid dienone is 1. The molecule has 1 aliphatic rings. The van der Waals surface area contributed by atoms with E-state index in [4.69, 9.17) is 0 Å². The maximum atomic E-state index is 2.33. The van der Waals surface area contributed by atoms with Crippen molar-refractivity contribution < 1.29 is 0 Å². The van der Waals surface area contributed by atoms with Crippen LogP contribution in [0, 0.1) is 11.3 Å². The smallest absolute Gasteiger partial charge is 0.0912 e. The van der Waals surface area contributed by atoms with Crippen LogP contribution in [0.25, 0.3) is 0 Å². The van der Waals surface area contributed by atoms with E-state index in [-0.39, 0.29) is 9.49 Å². The van der Waals surface area contributed by atoms with E-state index in [1.54, 1.807) is 5.57 Å². The van der Waals surface area contributed by atoms with Gasteiger partial charge >= 0.3 is 0 Å². The van der Waals surface area contributed by atoms with Crippen LogP contribution in [0.2, 0.25) is 0 Å². The molecule has 0 bridgehead atoms. The van der Waals surface area contributed by atoms with Gasteiger partial charge in [0, 0.05) is 4.24 Å². The first kappa shape index (κ1) is 17.7. The zero-order valence-corrected chi connectivity index (χ0v) is 16.8. The molecule has 1 fully saturated rings. The fraction of sp³-hybridized carbons (Fsp3) is 0.364. The van der Waals surface area contributed by atoms with Crippen LogP contribution in [0.1, 0.15) is 45.7 Å². The summed E-state index contributed by atoms with van der Waals surface area (Å²) in [5.41, 5.74) is 4.56. The normalized spacial score (nSPS) is 16.8. The van der Waals surface area contributed by atoms with Gasteiger partial charge in [0.1, 0.15) is 4.08 Å². The van der Waals surface area contributed by atoms with E-state index in [1.807, 2.05) is 23.5 Å². The maximum absolute atomic E-state index is 2.33. The van der Waals surface area contributed by atoms with Gasteiger partial charge in [-0.15, -0.1) is 0 Å². The standard InChI is InChI=1S/C22H26S2/c1-16(2)19(21(3,4)5)20-23-22(24-20,17-12-8-6-9-13-17)18-14-10-7-11-15-18/h6-16H,1-5H3. The molecule has 0 N–H and O–H groups in total. The van der Waals surface area contributed by atoms with Gasteiger partial charge in [-0.1, -0.05) is 119 Å². The first-order valence-corrected chi connectivity index (χ1v) is 10.2. The summed E-state index contributed by atoms with van der Waals surface area (Å²) in [4.78, 5) is 0. The van der Waals surface area contributed by atoms with Crippen molar-refractivity contribution >= 4 is 23.5 Å². The van der Waals surface area contributed by atoms with Crippen molar-refractivity contribution in [2.24, 2.45) is 11.3 Å². The van der Waals surface area contributed by atoms with Crippen LogP contribution in [0.4, 0.5) is 0 Å². The Morgan fingerprint density at radius 2 is 1.21 bits per heavy atom. The monoisotopic (exact) mass is 354 g/mol. The molecule has 126 valence electrons. The maximum Gasteiger partial charge on any atom is 0.121 e. The van der Waals surface area contributed by atoms with Crippen LogP contribution in [0.15, 0.2) is 70.5 Å². The Balaban J connectivity index is 2.07. The van der Waals surface area contributed by atoms with E-state index in [2.05, 4.69) is 95.3 Å². The van der Waals surface area contributed by atoms with E-state index >= 15 is 0 Å². The third-order valence-electron chi connectivity index (χ3n) is 4.39. The van der Waals surface area contributed by atoms with Crippen molar-refractivity contribution in [1.29, 1.82) is 0 Å². The number of hydrogen-bond acceptors (Lipinski definition) is 2. The number of benzene rings is 2. The van der Waals surface area contributed by atoms with E-state index in [0.29, 0.717) is 5.92 Å². The van der Waals surface area contributed by atoms with Crippen LogP contribution in [0.3, 0.4) is 0 Å². The number of rotatable bonds is 3.